The highest BCUT2D eigenvalue weighted by atomic mass is 16.5. The fourth-order valence-corrected chi connectivity index (χ4v) is 5.54. The largest absolute Gasteiger partial charge is 0.497 e. The van der Waals surface area contributed by atoms with Gasteiger partial charge in [-0.05, 0) is 18.6 Å². The predicted octanol–water partition coefficient (Wildman–Crippen LogP) is 2.78. The number of nitrogens with one attached hydrogen (secondary N) is 1. The molecule has 1 aliphatic carbocycles. The van der Waals surface area contributed by atoms with Gasteiger partial charge in [-0.1, -0.05) is 36.4 Å². The van der Waals surface area contributed by atoms with Crippen molar-refractivity contribution in [3.8, 4) is 11.5 Å². The summed E-state index contributed by atoms with van der Waals surface area (Å²) in [5.41, 5.74) is 8.98. The molecular weight excluding hydrogens is 498 g/mol. The van der Waals surface area contributed by atoms with Gasteiger partial charge in [0.2, 0.25) is 11.8 Å². The standard InChI is InChI=1S/C29H27N5O5/c1-38-17-13-16(14-18(15-17)39-2)34-23(11-12-33-28(36)19-7-3-4-8-20(19)29(33)37)25(35)24(26(34)30)27-31-21-9-5-6-10-22(21)32-27/h3-10,13-15,19-20,23H,11-12,30H2,1-2H3,(H,31,32). The Morgan fingerprint density at radius 3 is 2.21 bits per heavy atom. The van der Waals surface area contributed by atoms with Gasteiger partial charge in [0.25, 0.3) is 0 Å². The summed E-state index contributed by atoms with van der Waals surface area (Å²) in [6, 6.07) is 11.9. The molecule has 3 atom stereocenters. The highest BCUT2D eigenvalue weighted by molar-refractivity contribution is 6.28. The number of methoxy groups -OCH3 is 2. The predicted molar refractivity (Wildman–Crippen MR) is 145 cm³/mol. The number of amides is 2. The number of nitrogens with zero attached hydrogens (tertiary/aromatic N) is 3. The Labute approximate surface area is 224 Å². The van der Waals surface area contributed by atoms with E-state index < -0.39 is 17.9 Å². The van der Waals surface area contributed by atoms with Crippen LogP contribution in [0.15, 0.2) is 72.6 Å². The lowest BCUT2D eigenvalue weighted by molar-refractivity contribution is -0.139. The number of H-pyrrole nitrogens is 1. The van der Waals surface area contributed by atoms with Crippen LogP contribution in [0, 0.1) is 11.8 Å². The Kier molecular flexibility index (Phi) is 5.94. The summed E-state index contributed by atoms with van der Waals surface area (Å²) in [4.78, 5) is 50.8. The number of carbonyl (C=O) groups is 3. The quantitative estimate of drug-likeness (QED) is 0.451. The second kappa shape index (κ2) is 9.46. The number of carbonyl (C=O) groups excluding carboxylic acids is 3. The van der Waals surface area contributed by atoms with Crippen LogP contribution in [0.1, 0.15) is 12.2 Å². The van der Waals surface area contributed by atoms with Crippen LogP contribution in [-0.4, -0.2) is 59.3 Å². The number of fused-ring (bicyclic) bond motifs is 2. The number of benzene rings is 2. The minimum absolute atomic E-state index is 0.0705. The third-order valence-corrected chi connectivity index (χ3v) is 7.48. The smallest absolute Gasteiger partial charge is 0.237 e. The molecule has 0 spiro atoms. The number of ether oxygens (including phenoxy) is 2. The third kappa shape index (κ3) is 3.96. The first kappa shape index (κ1) is 24.5. The summed E-state index contributed by atoms with van der Waals surface area (Å²) in [6.45, 7) is 0.0705. The van der Waals surface area contributed by atoms with E-state index in [2.05, 4.69) is 9.97 Å². The van der Waals surface area contributed by atoms with Crippen LogP contribution in [0.25, 0.3) is 16.6 Å². The lowest BCUT2D eigenvalue weighted by atomic mass is 9.91. The Morgan fingerprint density at radius 1 is 0.949 bits per heavy atom. The van der Waals surface area contributed by atoms with Crippen LogP contribution in [0.3, 0.4) is 0 Å². The highest BCUT2D eigenvalue weighted by Crippen LogP contribution is 2.39. The number of aromatic nitrogens is 2. The fraction of sp³-hybridized carbons (Fsp3) is 0.241. The number of hydrogen-bond donors (Lipinski definition) is 2. The van der Waals surface area contributed by atoms with Gasteiger partial charge in [0.15, 0.2) is 5.78 Å². The summed E-state index contributed by atoms with van der Waals surface area (Å²) in [5, 5.41) is 0. The van der Waals surface area contributed by atoms with Gasteiger partial charge in [-0.2, -0.15) is 0 Å². The summed E-state index contributed by atoms with van der Waals surface area (Å²) in [5.74, 6) is -0.183. The number of allylic oxidation sites excluding steroid dienone is 2. The molecule has 198 valence electrons. The molecule has 0 radical (unpaired) electrons. The molecule has 1 fully saturated rings. The summed E-state index contributed by atoms with van der Waals surface area (Å²) in [7, 11) is 3.08. The highest BCUT2D eigenvalue weighted by Gasteiger charge is 2.47. The van der Waals surface area contributed by atoms with Gasteiger partial charge in [0.1, 0.15) is 34.8 Å². The molecule has 10 heteroatoms. The maximum absolute atomic E-state index is 14.0. The van der Waals surface area contributed by atoms with E-state index in [9.17, 15) is 14.4 Å². The number of para-hydroxylation sites is 2. The van der Waals surface area contributed by atoms with E-state index in [1.54, 1.807) is 47.4 Å². The Hall–Kier alpha value is -4.86. The van der Waals surface area contributed by atoms with Crippen molar-refractivity contribution in [3.05, 3.63) is 78.4 Å². The first-order valence-electron chi connectivity index (χ1n) is 12.6. The third-order valence-electron chi connectivity index (χ3n) is 7.48. The zero-order chi connectivity index (χ0) is 27.3. The molecule has 3 aromatic rings. The molecule has 1 aromatic heterocycles. The van der Waals surface area contributed by atoms with Crippen molar-refractivity contribution in [2.45, 2.75) is 12.5 Å². The topological polar surface area (TPSA) is 131 Å². The van der Waals surface area contributed by atoms with Gasteiger partial charge in [0, 0.05) is 24.7 Å². The average Bonchev–Trinajstić information content (AvgIpc) is 3.57. The SMILES string of the molecule is COc1cc(OC)cc(N2C(N)=C(c3nc4ccccc4[nH]3)C(=O)C2CCN2C(=O)C3C=CC=CC3C2=O)c1. The van der Waals surface area contributed by atoms with Crippen molar-refractivity contribution in [2.75, 3.05) is 25.7 Å². The summed E-state index contributed by atoms with van der Waals surface area (Å²) in [6.07, 6.45) is 7.23. The second-order valence-electron chi connectivity index (χ2n) is 9.62. The number of imidazole rings is 1. The van der Waals surface area contributed by atoms with Gasteiger partial charge >= 0.3 is 0 Å². The number of nitrogens with two attached hydrogens (primary N) is 1. The lowest BCUT2D eigenvalue weighted by Gasteiger charge is -2.28. The second-order valence-corrected chi connectivity index (χ2v) is 9.62. The van der Waals surface area contributed by atoms with Gasteiger partial charge < -0.3 is 25.1 Å². The number of imide groups is 1. The van der Waals surface area contributed by atoms with Gasteiger partial charge in [0.05, 0.1) is 42.8 Å². The van der Waals surface area contributed by atoms with Crippen molar-refractivity contribution in [1.29, 1.82) is 0 Å². The van der Waals surface area contributed by atoms with Crippen molar-refractivity contribution in [1.82, 2.24) is 14.9 Å². The monoisotopic (exact) mass is 525 g/mol. The normalized spacial score (nSPS) is 22.4. The maximum Gasteiger partial charge on any atom is 0.237 e. The molecule has 0 saturated carbocycles. The zero-order valence-electron chi connectivity index (χ0n) is 21.5. The molecule has 39 heavy (non-hydrogen) atoms. The van der Waals surface area contributed by atoms with E-state index in [-0.39, 0.29) is 42.0 Å². The van der Waals surface area contributed by atoms with Gasteiger partial charge in [-0.25, -0.2) is 4.98 Å². The van der Waals surface area contributed by atoms with Crippen molar-refractivity contribution in [3.63, 3.8) is 0 Å². The van der Waals surface area contributed by atoms with E-state index >= 15 is 0 Å². The minimum Gasteiger partial charge on any atom is -0.497 e. The molecule has 3 aliphatic rings. The van der Waals surface area contributed by atoms with E-state index in [4.69, 9.17) is 15.2 Å². The van der Waals surface area contributed by atoms with Crippen LogP contribution in [0.4, 0.5) is 5.69 Å². The molecule has 2 aliphatic heterocycles. The molecular formula is C29H27N5O5. The zero-order valence-corrected chi connectivity index (χ0v) is 21.5. The van der Waals surface area contributed by atoms with Crippen LogP contribution < -0.4 is 20.1 Å². The number of Topliss-reactive ketones (excluding diaryl/α,β-unsaturated/α-hetero) is 1. The summed E-state index contributed by atoms with van der Waals surface area (Å²) < 4.78 is 10.9. The van der Waals surface area contributed by atoms with Gasteiger partial charge in [-0.3, -0.25) is 19.3 Å². The number of rotatable bonds is 7. The van der Waals surface area contributed by atoms with E-state index in [1.165, 1.54) is 19.1 Å². The minimum atomic E-state index is -0.792. The first-order valence-corrected chi connectivity index (χ1v) is 12.6. The number of hydrogen-bond acceptors (Lipinski definition) is 8. The van der Waals surface area contributed by atoms with Crippen LogP contribution >= 0.6 is 0 Å². The Morgan fingerprint density at radius 2 is 1.59 bits per heavy atom. The molecule has 3 unspecified atom stereocenters. The summed E-state index contributed by atoms with van der Waals surface area (Å²) >= 11 is 0. The van der Waals surface area contributed by atoms with E-state index in [1.807, 2.05) is 24.3 Å². The molecule has 10 nitrogen and oxygen atoms in total. The molecule has 2 amide bonds. The molecule has 0 bridgehead atoms. The molecule has 6 rings (SSSR count). The van der Waals surface area contributed by atoms with Crippen molar-refractivity contribution >= 4 is 39.9 Å². The number of aromatic amines is 1. The first-order chi connectivity index (χ1) is 18.9. The van der Waals surface area contributed by atoms with Gasteiger partial charge in [-0.15, -0.1) is 0 Å². The molecule has 2 aromatic carbocycles. The van der Waals surface area contributed by atoms with E-state index in [0.29, 0.717) is 28.5 Å². The fourth-order valence-electron chi connectivity index (χ4n) is 5.54. The van der Waals surface area contributed by atoms with Crippen LogP contribution in [-0.2, 0) is 14.4 Å². The number of likely N-dealkylation sites (tertiary alicyclic amines) is 1. The van der Waals surface area contributed by atoms with E-state index in [0.717, 1.165) is 5.52 Å². The molecule has 1 saturated heterocycles. The molecule has 3 N–H and O–H groups in total. The number of ketones is 1. The van der Waals surface area contributed by atoms with Crippen LogP contribution in [0.5, 0.6) is 11.5 Å². The van der Waals surface area contributed by atoms with Crippen LogP contribution in [0.2, 0.25) is 0 Å². The van der Waals surface area contributed by atoms with Crippen molar-refractivity contribution < 1.29 is 23.9 Å². The Balaban J connectivity index is 1.38. The average molecular weight is 526 g/mol. The number of anilines is 1. The lowest BCUT2D eigenvalue weighted by Crippen LogP contribution is -2.41. The Bertz CT molecular complexity index is 1520. The van der Waals surface area contributed by atoms with Crippen molar-refractivity contribution in [2.24, 2.45) is 17.6 Å². The maximum atomic E-state index is 14.0. The molecule has 3 heterocycles.